The van der Waals surface area contributed by atoms with Gasteiger partial charge in [-0.05, 0) is 14.0 Å². The topological polar surface area (TPSA) is 27.0 Å². The highest BCUT2D eigenvalue weighted by Crippen LogP contribution is 1.95. The molecule has 0 fully saturated rings. The average molecular weight is 150 g/mol. The van der Waals surface area contributed by atoms with Crippen LogP contribution in [0.2, 0.25) is 0 Å². The van der Waals surface area contributed by atoms with Gasteiger partial charge in [0.15, 0.2) is 0 Å². The van der Waals surface area contributed by atoms with Crippen LogP contribution < -0.4 is 0 Å². The first-order valence-electron chi connectivity index (χ1n) is 3.72. The Morgan fingerprint density at radius 1 is 1.64 bits per heavy atom. The van der Waals surface area contributed by atoms with Crippen molar-refractivity contribution in [2.45, 2.75) is 13.3 Å². The Morgan fingerprint density at radius 2 is 2.27 bits per heavy atom. The predicted molar refractivity (Wildman–Crippen MR) is 45.7 cm³/mol. The van der Waals surface area contributed by atoms with Gasteiger partial charge in [-0.1, -0.05) is 0 Å². The molecule has 0 aromatic heterocycles. The summed E-state index contributed by atoms with van der Waals surface area (Å²) in [5, 5.41) is 8.49. The second-order valence-electron chi connectivity index (χ2n) is 2.75. The van der Waals surface area contributed by atoms with Crippen LogP contribution in [0.3, 0.4) is 0 Å². The number of hydrogen-bond donors (Lipinski definition) is 0. The fourth-order valence-electron chi connectivity index (χ4n) is 0.855. The lowest BCUT2D eigenvalue weighted by molar-refractivity contribution is 0.318. The Balaban J connectivity index is 3.47. The Bertz CT molecular complexity index is 173. The molecule has 0 N–H and O–H groups in total. The molecule has 11 heavy (non-hydrogen) atoms. The number of nitriles is 1. The van der Waals surface area contributed by atoms with E-state index in [2.05, 4.69) is 16.9 Å². The van der Waals surface area contributed by atoms with E-state index in [1.165, 1.54) is 0 Å². The van der Waals surface area contributed by atoms with Gasteiger partial charge in [0.2, 0.25) is 0 Å². The Kier molecular flexibility index (Phi) is 5.25. The zero-order valence-electron chi connectivity index (χ0n) is 7.17. The third-order valence-electron chi connectivity index (χ3n) is 1.44. The summed E-state index contributed by atoms with van der Waals surface area (Å²) in [5.41, 5.74) is 0. The fourth-order valence-corrected chi connectivity index (χ4v) is 0.855. The average Bonchev–Trinajstić information content (AvgIpc) is 2.00. The second-order valence-corrected chi connectivity index (χ2v) is 2.75. The molecule has 0 rings (SSSR count). The van der Waals surface area contributed by atoms with Gasteiger partial charge in [-0.15, -0.1) is 12.3 Å². The lowest BCUT2D eigenvalue weighted by atomic mass is 10.2. The van der Waals surface area contributed by atoms with Crippen molar-refractivity contribution < 1.29 is 0 Å². The molecule has 0 spiro atoms. The minimum atomic E-state index is 0.0952. The first-order valence-corrected chi connectivity index (χ1v) is 3.72. The van der Waals surface area contributed by atoms with Crippen molar-refractivity contribution in [3.05, 3.63) is 0 Å². The summed E-state index contributed by atoms with van der Waals surface area (Å²) in [6.07, 6.45) is 5.86. The SMILES string of the molecule is C#CCCN(C)CC(C)C#N. The van der Waals surface area contributed by atoms with Gasteiger partial charge in [0.1, 0.15) is 0 Å². The molecule has 0 aromatic carbocycles. The molecule has 0 aliphatic heterocycles. The van der Waals surface area contributed by atoms with Crippen LogP contribution in [0, 0.1) is 29.6 Å². The molecular weight excluding hydrogens is 136 g/mol. The van der Waals surface area contributed by atoms with E-state index in [9.17, 15) is 0 Å². The summed E-state index contributed by atoms with van der Waals surface area (Å²) in [7, 11) is 1.98. The first-order chi connectivity index (χ1) is 5.20. The highest BCUT2D eigenvalue weighted by molar-refractivity contribution is 4.86. The summed E-state index contributed by atoms with van der Waals surface area (Å²) >= 11 is 0. The molecule has 2 heteroatoms. The minimum Gasteiger partial charge on any atom is -0.304 e. The molecule has 0 amide bonds. The van der Waals surface area contributed by atoms with Gasteiger partial charge in [0.25, 0.3) is 0 Å². The fraction of sp³-hybridized carbons (Fsp3) is 0.667. The molecule has 60 valence electrons. The maximum Gasteiger partial charge on any atom is 0.0666 e. The van der Waals surface area contributed by atoms with Gasteiger partial charge in [0, 0.05) is 19.5 Å². The molecule has 0 aliphatic rings. The van der Waals surface area contributed by atoms with Crippen molar-refractivity contribution in [3.63, 3.8) is 0 Å². The number of hydrogen-bond acceptors (Lipinski definition) is 2. The number of nitrogens with zero attached hydrogens (tertiary/aromatic N) is 2. The van der Waals surface area contributed by atoms with Crippen LogP contribution in [-0.2, 0) is 0 Å². The van der Waals surface area contributed by atoms with Gasteiger partial charge in [0.05, 0.1) is 12.0 Å². The van der Waals surface area contributed by atoms with E-state index in [-0.39, 0.29) is 5.92 Å². The highest BCUT2D eigenvalue weighted by atomic mass is 15.1. The quantitative estimate of drug-likeness (QED) is 0.561. The van der Waals surface area contributed by atoms with Gasteiger partial charge < -0.3 is 4.90 Å². The lowest BCUT2D eigenvalue weighted by Gasteiger charge is -2.15. The van der Waals surface area contributed by atoms with Crippen LogP contribution in [0.4, 0.5) is 0 Å². The third kappa shape index (κ3) is 5.45. The molecule has 0 heterocycles. The maximum atomic E-state index is 8.49. The maximum absolute atomic E-state index is 8.49. The van der Waals surface area contributed by atoms with E-state index in [0.717, 1.165) is 19.5 Å². The first kappa shape index (κ1) is 10.0. The van der Waals surface area contributed by atoms with Crippen LogP contribution in [0.25, 0.3) is 0 Å². The van der Waals surface area contributed by atoms with Crippen LogP contribution in [0.1, 0.15) is 13.3 Å². The zero-order chi connectivity index (χ0) is 8.69. The Morgan fingerprint density at radius 3 is 2.73 bits per heavy atom. The normalized spacial score (nSPS) is 12.1. The molecule has 0 saturated heterocycles. The summed E-state index contributed by atoms with van der Waals surface area (Å²) in [4.78, 5) is 2.08. The van der Waals surface area contributed by atoms with Crippen molar-refractivity contribution in [1.82, 2.24) is 4.90 Å². The van der Waals surface area contributed by atoms with Crippen LogP contribution in [0.5, 0.6) is 0 Å². The van der Waals surface area contributed by atoms with Crippen LogP contribution in [0.15, 0.2) is 0 Å². The summed E-state index contributed by atoms with van der Waals surface area (Å²) in [5.74, 6) is 2.66. The van der Waals surface area contributed by atoms with Crippen molar-refractivity contribution in [2.24, 2.45) is 5.92 Å². The van der Waals surface area contributed by atoms with Crippen LogP contribution >= 0.6 is 0 Å². The standard InChI is InChI=1S/C9H14N2/c1-4-5-6-11(3)8-9(2)7-10/h1,9H,5-6,8H2,2-3H3. The monoisotopic (exact) mass is 150 g/mol. The molecule has 0 aliphatic carbocycles. The van der Waals surface area contributed by atoms with E-state index in [1.807, 2.05) is 14.0 Å². The zero-order valence-corrected chi connectivity index (χ0v) is 7.17. The van der Waals surface area contributed by atoms with Gasteiger partial charge in [-0.3, -0.25) is 0 Å². The summed E-state index contributed by atoms with van der Waals surface area (Å²) in [6, 6.07) is 2.18. The minimum absolute atomic E-state index is 0.0952. The van der Waals surface area contributed by atoms with Gasteiger partial charge >= 0.3 is 0 Å². The van der Waals surface area contributed by atoms with E-state index in [0.29, 0.717) is 0 Å². The molecule has 0 saturated carbocycles. The Labute approximate surface area is 68.8 Å². The van der Waals surface area contributed by atoms with Crippen molar-refractivity contribution >= 4 is 0 Å². The van der Waals surface area contributed by atoms with E-state index in [1.54, 1.807) is 0 Å². The number of terminal acetylenes is 1. The van der Waals surface area contributed by atoms with Crippen molar-refractivity contribution in [1.29, 1.82) is 5.26 Å². The molecule has 1 unspecified atom stereocenters. The molecule has 0 aromatic rings. The van der Waals surface area contributed by atoms with E-state index >= 15 is 0 Å². The lowest BCUT2D eigenvalue weighted by Crippen LogP contribution is -2.24. The molecule has 1 atom stereocenters. The Hall–Kier alpha value is -0.990. The van der Waals surface area contributed by atoms with Gasteiger partial charge in [-0.2, -0.15) is 5.26 Å². The number of rotatable bonds is 4. The molecule has 0 radical (unpaired) electrons. The molecular formula is C9H14N2. The van der Waals surface area contributed by atoms with E-state index < -0.39 is 0 Å². The molecule has 0 bridgehead atoms. The second kappa shape index (κ2) is 5.77. The predicted octanol–water partition coefficient (Wildman–Crippen LogP) is 1.10. The van der Waals surface area contributed by atoms with Gasteiger partial charge in [-0.25, -0.2) is 0 Å². The van der Waals surface area contributed by atoms with E-state index in [4.69, 9.17) is 11.7 Å². The largest absolute Gasteiger partial charge is 0.304 e. The third-order valence-corrected chi connectivity index (χ3v) is 1.44. The smallest absolute Gasteiger partial charge is 0.0666 e. The highest BCUT2D eigenvalue weighted by Gasteiger charge is 2.02. The molecule has 2 nitrogen and oxygen atoms in total. The van der Waals surface area contributed by atoms with Crippen molar-refractivity contribution in [2.75, 3.05) is 20.1 Å². The summed E-state index contributed by atoms with van der Waals surface area (Å²) in [6.45, 7) is 3.59. The van der Waals surface area contributed by atoms with Crippen LogP contribution in [-0.4, -0.2) is 25.0 Å². The summed E-state index contributed by atoms with van der Waals surface area (Å²) < 4.78 is 0. The van der Waals surface area contributed by atoms with Crippen molar-refractivity contribution in [3.8, 4) is 18.4 Å².